The Kier molecular flexibility index (Phi) is 6.81. The van der Waals surface area contributed by atoms with Gasteiger partial charge in [0.15, 0.2) is 0 Å². The van der Waals surface area contributed by atoms with Crippen molar-refractivity contribution in [3.8, 4) is 0 Å². The van der Waals surface area contributed by atoms with Gasteiger partial charge in [0, 0.05) is 11.1 Å². The number of hydrogen-bond acceptors (Lipinski definition) is 5. The zero-order valence-electron chi connectivity index (χ0n) is 17.3. The highest BCUT2D eigenvalue weighted by Crippen LogP contribution is 2.27. The van der Waals surface area contributed by atoms with Gasteiger partial charge in [0.05, 0.1) is 26.8 Å². The molecule has 1 amide bonds. The lowest BCUT2D eigenvalue weighted by atomic mass is 10.1. The quantitative estimate of drug-likeness (QED) is 0.395. The number of aryl methyl sites for hydroxylation is 1. The number of nitro benzene ring substituents is 1. The molecule has 10 heteroatoms. The molecule has 1 N–H and O–H groups in total. The predicted octanol–water partition coefficient (Wildman–Crippen LogP) is 4.70. The van der Waals surface area contributed by atoms with Gasteiger partial charge >= 0.3 is 0 Å². The van der Waals surface area contributed by atoms with Crippen LogP contribution in [0.1, 0.15) is 11.1 Å². The minimum absolute atomic E-state index is 0.0252. The number of nitro groups is 1. The van der Waals surface area contributed by atoms with Gasteiger partial charge in [-0.25, -0.2) is 8.42 Å². The second-order valence-electron chi connectivity index (χ2n) is 7.06. The van der Waals surface area contributed by atoms with E-state index in [-0.39, 0.29) is 21.8 Å². The Morgan fingerprint density at radius 2 is 1.72 bits per heavy atom. The molecular weight excluding hydrogens is 454 g/mol. The molecule has 166 valence electrons. The fraction of sp³-hybridized carbons (Fsp3) is 0.136. The Morgan fingerprint density at radius 3 is 2.34 bits per heavy atom. The molecule has 3 aromatic carbocycles. The van der Waals surface area contributed by atoms with Crippen LogP contribution in [0, 0.1) is 24.0 Å². The normalized spacial score (nSPS) is 11.1. The molecule has 3 rings (SSSR count). The topological polar surface area (TPSA) is 110 Å². The molecule has 0 radical (unpaired) electrons. The zero-order chi connectivity index (χ0) is 23.5. The molecule has 3 aromatic rings. The molecule has 8 nitrogen and oxygen atoms in total. The van der Waals surface area contributed by atoms with Crippen molar-refractivity contribution in [2.75, 3.05) is 16.2 Å². The zero-order valence-corrected chi connectivity index (χ0v) is 18.9. The average molecular weight is 474 g/mol. The third kappa shape index (κ3) is 5.06. The third-order valence-corrected chi connectivity index (χ3v) is 6.79. The molecule has 0 aromatic heterocycles. The first-order valence-corrected chi connectivity index (χ1v) is 11.3. The largest absolute Gasteiger partial charge is 0.324 e. The summed E-state index contributed by atoms with van der Waals surface area (Å²) < 4.78 is 27.7. The molecule has 0 fully saturated rings. The molecule has 0 aliphatic rings. The number of anilines is 2. The van der Waals surface area contributed by atoms with E-state index in [4.69, 9.17) is 11.6 Å². The molecule has 0 spiro atoms. The maximum atomic E-state index is 13.4. The highest BCUT2D eigenvalue weighted by atomic mass is 35.5. The van der Waals surface area contributed by atoms with Gasteiger partial charge in [-0.15, -0.1) is 0 Å². The highest BCUT2D eigenvalue weighted by Gasteiger charge is 2.28. The minimum atomic E-state index is -4.10. The van der Waals surface area contributed by atoms with Crippen LogP contribution in [0.5, 0.6) is 0 Å². The number of amides is 1. The highest BCUT2D eigenvalue weighted by molar-refractivity contribution is 7.92. The second kappa shape index (κ2) is 9.37. The Labute approximate surface area is 190 Å². The van der Waals surface area contributed by atoms with Crippen LogP contribution in [0.3, 0.4) is 0 Å². The van der Waals surface area contributed by atoms with E-state index in [1.807, 2.05) is 13.0 Å². The van der Waals surface area contributed by atoms with Gasteiger partial charge in [0.25, 0.3) is 15.7 Å². The molecule has 32 heavy (non-hydrogen) atoms. The molecule has 0 saturated carbocycles. The fourth-order valence-corrected chi connectivity index (χ4v) is 4.65. The van der Waals surface area contributed by atoms with E-state index in [9.17, 15) is 23.3 Å². The van der Waals surface area contributed by atoms with Gasteiger partial charge in [-0.2, -0.15) is 0 Å². The fourth-order valence-electron chi connectivity index (χ4n) is 3.11. The van der Waals surface area contributed by atoms with Crippen molar-refractivity contribution in [3.63, 3.8) is 0 Å². The smallest absolute Gasteiger partial charge is 0.274 e. The maximum Gasteiger partial charge on any atom is 0.274 e. The van der Waals surface area contributed by atoms with Crippen LogP contribution in [0.2, 0.25) is 5.02 Å². The Bertz CT molecular complexity index is 1280. The van der Waals surface area contributed by atoms with Gasteiger partial charge in [0.1, 0.15) is 6.54 Å². The van der Waals surface area contributed by atoms with Crippen LogP contribution >= 0.6 is 11.6 Å². The number of nitrogens with one attached hydrogen (secondary N) is 1. The summed E-state index contributed by atoms with van der Waals surface area (Å²) in [5.41, 5.74) is 1.48. The molecule has 0 bridgehead atoms. The van der Waals surface area contributed by atoms with E-state index in [1.165, 1.54) is 49.4 Å². The summed E-state index contributed by atoms with van der Waals surface area (Å²) >= 11 is 5.88. The van der Waals surface area contributed by atoms with E-state index >= 15 is 0 Å². The second-order valence-corrected chi connectivity index (χ2v) is 9.36. The molecule has 0 aliphatic carbocycles. The van der Waals surface area contributed by atoms with Crippen LogP contribution < -0.4 is 9.62 Å². The Morgan fingerprint density at radius 1 is 1.06 bits per heavy atom. The van der Waals surface area contributed by atoms with Crippen molar-refractivity contribution < 1.29 is 18.1 Å². The number of sulfonamides is 1. The van der Waals surface area contributed by atoms with Gasteiger partial charge in [-0.3, -0.25) is 19.2 Å². The van der Waals surface area contributed by atoms with Crippen LogP contribution in [0.15, 0.2) is 71.6 Å². The lowest BCUT2D eigenvalue weighted by Gasteiger charge is -2.24. The Balaban J connectivity index is 1.96. The summed E-state index contributed by atoms with van der Waals surface area (Å²) in [6.45, 7) is 2.79. The van der Waals surface area contributed by atoms with E-state index in [0.717, 1.165) is 9.87 Å². The van der Waals surface area contributed by atoms with Crippen molar-refractivity contribution in [3.05, 3.63) is 93.0 Å². The molecular formula is C22H20ClN3O5S. The van der Waals surface area contributed by atoms with Crippen LogP contribution in [-0.2, 0) is 14.8 Å². The van der Waals surface area contributed by atoms with Gasteiger partial charge in [0.2, 0.25) is 5.91 Å². The molecule has 0 atom stereocenters. The summed E-state index contributed by atoms with van der Waals surface area (Å²) in [6.07, 6.45) is 0. The predicted molar refractivity (Wildman–Crippen MR) is 124 cm³/mol. The number of rotatable bonds is 7. The van der Waals surface area contributed by atoms with Crippen molar-refractivity contribution in [1.82, 2.24) is 0 Å². The summed E-state index contributed by atoms with van der Waals surface area (Å²) in [5.74, 6) is -0.646. The summed E-state index contributed by atoms with van der Waals surface area (Å²) in [7, 11) is -4.10. The number of carbonyl (C=O) groups excluding carboxylic acids is 1. The average Bonchev–Trinajstić information content (AvgIpc) is 2.73. The van der Waals surface area contributed by atoms with Gasteiger partial charge in [-0.05, 0) is 61.9 Å². The summed E-state index contributed by atoms with van der Waals surface area (Å²) in [4.78, 5) is 23.4. The third-order valence-electron chi connectivity index (χ3n) is 4.75. The lowest BCUT2D eigenvalue weighted by Crippen LogP contribution is -2.38. The summed E-state index contributed by atoms with van der Waals surface area (Å²) in [5, 5.41) is 14.1. The number of hydrogen-bond donors (Lipinski definition) is 1. The monoisotopic (exact) mass is 473 g/mol. The number of nitrogens with zero attached hydrogens (tertiary/aromatic N) is 2. The SMILES string of the molecule is Cc1cccc(N(CC(=O)Nc2cccc([N+](=O)[O-])c2C)S(=O)(=O)c2ccc(Cl)cc2)c1. The standard InChI is InChI=1S/C22H20ClN3O5S/c1-15-5-3-6-18(13-15)25(32(30,31)19-11-9-17(23)10-12-19)14-22(27)24-20-7-4-8-21(16(20)2)26(28)29/h3-13H,14H2,1-2H3,(H,24,27). The van der Waals surface area contributed by atoms with E-state index < -0.39 is 27.4 Å². The van der Waals surface area contributed by atoms with Crippen LogP contribution in [-0.4, -0.2) is 25.8 Å². The number of carbonyl (C=O) groups is 1. The molecule has 0 heterocycles. The van der Waals surface area contributed by atoms with E-state index in [1.54, 1.807) is 18.2 Å². The van der Waals surface area contributed by atoms with Crippen LogP contribution in [0.25, 0.3) is 0 Å². The van der Waals surface area contributed by atoms with Crippen molar-refractivity contribution in [1.29, 1.82) is 0 Å². The first-order chi connectivity index (χ1) is 15.1. The maximum absolute atomic E-state index is 13.4. The number of halogens is 1. The summed E-state index contributed by atoms with van der Waals surface area (Å²) in [6, 6.07) is 16.7. The van der Waals surface area contributed by atoms with E-state index in [0.29, 0.717) is 10.7 Å². The van der Waals surface area contributed by atoms with Crippen molar-refractivity contribution in [2.45, 2.75) is 18.7 Å². The van der Waals surface area contributed by atoms with Crippen molar-refractivity contribution >= 4 is 44.6 Å². The molecule has 0 saturated heterocycles. The number of benzene rings is 3. The van der Waals surface area contributed by atoms with Gasteiger partial charge < -0.3 is 5.32 Å². The minimum Gasteiger partial charge on any atom is -0.324 e. The lowest BCUT2D eigenvalue weighted by molar-refractivity contribution is -0.385. The first-order valence-electron chi connectivity index (χ1n) is 9.48. The molecule has 0 aliphatic heterocycles. The van der Waals surface area contributed by atoms with Crippen molar-refractivity contribution in [2.24, 2.45) is 0 Å². The van der Waals surface area contributed by atoms with Gasteiger partial charge in [-0.1, -0.05) is 29.8 Å². The Hall–Kier alpha value is -3.43. The molecule has 0 unspecified atom stereocenters. The first kappa shape index (κ1) is 23.2. The van der Waals surface area contributed by atoms with Crippen LogP contribution in [0.4, 0.5) is 17.1 Å². The van der Waals surface area contributed by atoms with E-state index in [2.05, 4.69) is 5.32 Å².